The van der Waals surface area contributed by atoms with Gasteiger partial charge in [0.05, 0.1) is 12.6 Å². The number of nitrogens with zero attached hydrogens (tertiary/aromatic N) is 3. The van der Waals surface area contributed by atoms with Gasteiger partial charge in [-0.15, -0.1) is 0 Å². The first-order valence-electron chi connectivity index (χ1n) is 8.27. The predicted octanol–water partition coefficient (Wildman–Crippen LogP) is 2.79. The Morgan fingerprint density at radius 2 is 2.20 bits per heavy atom. The van der Waals surface area contributed by atoms with Crippen LogP contribution in [0.15, 0.2) is 28.8 Å². The molecule has 0 unspecified atom stereocenters. The molecule has 1 aromatic carbocycles. The Hall–Kier alpha value is -2.48. The van der Waals surface area contributed by atoms with Crippen LogP contribution in [0.1, 0.15) is 42.6 Å². The molecular weight excluding hydrogens is 327 g/mol. The van der Waals surface area contributed by atoms with Crippen LogP contribution in [0, 0.1) is 5.82 Å². The van der Waals surface area contributed by atoms with Crippen LogP contribution >= 0.6 is 0 Å². The van der Waals surface area contributed by atoms with Gasteiger partial charge >= 0.3 is 6.03 Å². The monoisotopic (exact) mass is 348 g/mol. The number of benzene rings is 1. The number of hydrogen-bond acceptors (Lipinski definition) is 5. The number of halogens is 1. The molecule has 1 aromatic heterocycles. The molecule has 2 heterocycles. The maximum atomic E-state index is 13.1. The minimum Gasteiger partial charge on any atom is -0.377 e. The van der Waals surface area contributed by atoms with Crippen molar-refractivity contribution in [3.63, 3.8) is 0 Å². The summed E-state index contributed by atoms with van der Waals surface area (Å²) in [5.74, 6) is 0.489. The molecule has 2 aromatic rings. The molecule has 1 fully saturated rings. The zero-order valence-electron chi connectivity index (χ0n) is 14.1. The van der Waals surface area contributed by atoms with Crippen molar-refractivity contribution in [1.29, 1.82) is 0 Å². The number of aromatic nitrogens is 2. The number of methoxy groups -OCH3 is 1. The van der Waals surface area contributed by atoms with Crippen LogP contribution in [0.4, 0.5) is 9.18 Å². The maximum absolute atomic E-state index is 13.1. The standard InChI is InChI=1S/C17H21FN4O3/c1-24-11-15-20-16(25-21-15)10-19-17(23)22-9-3-2-4-14(22)12-5-7-13(18)8-6-12/h5-8,14H,2-4,9-11H2,1H3,(H,19,23)/t14-/m1/s1. The molecule has 3 rings (SSSR count). The van der Waals surface area contributed by atoms with Crippen LogP contribution in [0.5, 0.6) is 0 Å². The summed E-state index contributed by atoms with van der Waals surface area (Å²) in [4.78, 5) is 18.5. The fourth-order valence-electron chi connectivity index (χ4n) is 3.01. The van der Waals surface area contributed by atoms with Gasteiger partial charge in [-0.05, 0) is 37.0 Å². The first kappa shape index (κ1) is 17.3. The molecule has 0 aliphatic carbocycles. The number of hydrogen-bond donors (Lipinski definition) is 1. The molecule has 8 heteroatoms. The van der Waals surface area contributed by atoms with Crippen molar-refractivity contribution >= 4 is 6.03 Å². The van der Waals surface area contributed by atoms with Crippen molar-refractivity contribution in [2.45, 2.75) is 38.5 Å². The summed E-state index contributed by atoms with van der Waals surface area (Å²) >= 11 is 0. The lowest BCUT2D eigenvalue weighted by atomic mass is 9.95. The average Bonchev–Trinajstić information content (AvgIpc) is 3.08. The van der Waals surface area contributed by atoms with E-state index >= 15 is 0 Å². The minimum absolute atomic E-state index is 0.0545. The van der Waals surface area contributed by atoms with E-state index in [9.17, 15) is 9.18 Å². The van der Waals surface area contributed by atoms with Crippen molar-refractivity contribution in [2.24, 2.45) is 0 Å². The number of carbonyl (C=O) groups excluding carboxylic acids is 1. The van der Waals surface area contributed by atoms with Gasteiger partial charge in [0.1, 0.15) is 12.4 Å². The second kappa shape index (κ2) is 8.06. The summed E-state index contributed by atoms with van der Waals surface area (Å²) in [5, 5.41) is 6.57. The van der Waals surface area contributed by atoms with Gasteiger partial charge in [-0.1, -0.05) is 17.3 Å². The first-order valence-corrected chi connectivity index (χ1v) is 8.27. The number of amides is 2. The molecular formula is C17H21FN4O3. The lowest BCUT2D eigenvalue weighted by Gasteiger charge is -2.36. The molecule has 25 heavy (non-hydrogen) atoms. The van der Waals surface area contributed by atoms with E-state index in [0.29, 0.717) is 18.3 Å². The Balaban J connectivity index is 1.63. The fourth-order valence-corrected chi connectivity index (χ4v) is 3.01. The smallest absolute Gasteiger partial charge is 0.318 e. The Bertz CT molecular complexity index is 704. The summed E-state index contributed by atoms with van der Waals surface area (Å²) in [6.45, 7) is 1.07. The van der Waals surface area contributed by atoms with Crippen molar-refractivity contribution in [2.75, 3.05) is 13.7 Å². The Labute approximate surface area is 145 Å². The van der Waals surface area contributed by atoms with E-state index in [4.69, 9.17) is 9.26 Å². The van der Waals surface area contributed by atoms with Gasteiger partial charge in [0.15, 0.2) is 5.82 Å². The van der Waals surface area contributed by atoms with Gasteiger partial charge in [-0.3, -0.25) is 0 Å². The van der Waals surface area contributed by atoms with E-state index in [0.717, 1.165) is 24.8 Å². The highest BCUT2D eigenvalue weighted by atomic mass is 19.1. The number of urea groups is 1. The molecule has 0 radical (unpaired) electrons. The molecule has 2 amide bonds. The van der Waals surface area contributed by atoms with E-state index in [2.05, 4.69) is 15.5 Å². The number of nitrogens with one attached hydrogen (secondary N) is 1. The zero-order valence-corrected chi connectivity index (χ0v) is 14.1. The average molecular weight is 348 g/mol. The van der Waals surface area contributed by atoms with Crippen LogP contribution in [0.3, 0.4) is 0 Å². The quantitative estimate of drug-likeness (QED) is 0.899. The molecule has 134 valence electrons. The van der Waals surface area contributed by atoms with Gasteiger partial charge in [-0.2, -0.15) is 4.98 Å². The third-order valence-corrected chi connectivity index (χ3v) is 4.19. The molecule has 0 bridgehead atoms. The van der Waals surface area contributed by atoms with Crippen LogP contribution < -0.4 is 5.32 Å². The van der Waals surface area contributed by atoms with Crippen LogP contribution in [-0.4, -0.2) is 34.7 Å². The SMILES string of the molecule is COCc1noc(CNC(=O)N2CCCC[C@@H]2c2ccc(F)cc2)n1. The third kappa shape index (κ3) is 4.33. The number of likely N-dealkylation sites (tertiary alicyclic amines) is 1. The number of rotatable bonds is 5. The van der Waals surface area contributed by atoms with Crippen molar-refractivity contribution < 1.29 is 18.4 Å². The van der Waals surface area contributed by atoms with Crippen molar-refractivity contribution in [3.05, 3.63) is 47.4 Å². The third-order valence-electron chi connectivity index (χ3n) is 4.19. The summed E-state index contributed by atoms with van der Waals surface area (Å²) in [6, 6.07) is 6.08. The summed E-state index contributed by atoms with van der Waals surface area (Å²) in [7, 11) is 1.55. The largest absolute Gasteiger partial charge is 0.377 e. The highest BCUT2D eigenvalue weighted by molar-refractivity contribution is 5.74. The van der Waals surface area contributed by atoms with Gasteiger partial charge in [-0.25, -0.2) is 9.18 Å². The highest BCUT2D eigenvalue weighted by Crippen LogP contribution is 2.30. The molecule has 1 N–H and O–H groups in total. The highest BCUT2D eigenvalue weighted by Gasteiger charge is 2.28. The zero-order chi connectivity index (χ0) is 17.6. The van der Waals surface area contributed by atoms with E-state index in [1.54, 1.807) is 24.1 Å². The minimum atomic E-state index is -0.279. The van der Waals surface area contributed by atoms with E-state index in [-0.39, 0.29) is 31.0 Å². The molecule has 7 nitrogen and oxygen atoms in total. The van der Waals surface area contributed by atoms with Crippen LogP contribution in [0.2, 0.25) is 0 Å². The van der Waals surface area contributed by atoms with Gasteiger partial charge in [0.2, 0.25) is 5.89 Å². The van der Waals surface area contributed by atoms with E-state index < -0.39 is 0 Å². The summed E-state index contributed by atoms with van der Waals surface area (Å²) < 4.78 is 23.1. The second-order valence-corrected chi connectivity index (χ2v) is 5.95. The van der Waals surface area contributed by atoms with Crippen LogP contribution in [-0.2, 0) is 17.9 Å². The summed E-state index contributed by atoms with van der Waals surface area (Å²) in [6.07, 6.45) is 2.84. The molecule has 1 aliphatic rings. The Morgan fingerprint density at radius 1 is 1.40 bits per heavy atom. The van der Waals surface area contributed by atoms with Crippen molar-refractivity contribution in [1.82, 2.24) is 20.4 Å². The molecule has 1 atom stereocenters. The fraction of sp³-hybridized carbons (Fsp3) is 0.471. The Morgan fingerprint density at radius 3 is 2.96 bits per heavy atom. The lowest BCUT2D eigenvalue weighted by Crippen LogP contribution is -2.44. The normalized spacial score (nSPS) is 17.5. The van der Waals surface area contributed by atoms with Crippen LogP contribution in [0.25, 0.3) is 0 Å². The number of ether oxygens (including phenoxy) is 1. The molecule has 0 spiro atoms. The number of piperidine rings is 1. The predicted molar refractivity (Wildman–Crippen MR) is 86.9 cm³/mol. The van der Waals surface area contributed by atoms with Gasteiger partial charge < -0.3 is 19.5 Å². The van der Waals surface area contributed by atoms with E-state index in [1.165, 1.54) is 12.1 Å². The van der Waals surface area contributed by atoms with Gasteiger partial charge in [0.25, 0.3) is 0 Å². The summed E-state index contributed by atoms with van der Waals surface area (Å²) in [5.41, 5.74) is 0.941. The molecule has 1 saturated heterocycles. The Kier molecular flexibility index (Phi) is 5.60. The second-order valence-electron chi connectivity index (χ2n) is 5.95. The number of carbonyl (C=O) groups is 1. The van der Waals surface area contributed by atoms with Gasteiger partial charge in [0, 0.05) is 13.7 Å². The first-order chi connectivity index (χ1) is 12.2. The van der Waals surface area contributed by atoms with E-state index in [1.807, 2.05) is 0 Å². The lowest BCUT2D eigenvalue weighted by molar-refractivity contribution is 0.150. The maximum Gasteiger partial charge on any atom is 0.318 e. The topological polar surface area (TPSA) is 80.5 Å². The van der Waals surface area contributed by atoms with Crippen molar-refractivity contribution in [3.8, 4) is 0 Å². The molecule has 1 aliphatic heterocycles. The molecule has 0 saturated carbocycles.